The molecule has 4 nitrogen and oxygen atoms in total. The summed E-state index contributed by atoms with van der Waals surface area (Å²) >= 11 is 0. The molecule has 1 atom stereocenters. The predicted molar refractivity (Wildman–Crippen MR) is 73.7 cm³/mol. The largest absolute Gasteiger partial charge is 0.516 e. The van der Waals surface area contributed by atoms with Crippen molar-refractivity contribution in [2.24, 2.45) is 0 Å². The van der Waals surface area contributed by atoms with Crippen LogP contribution in [0.25, 0.3) is 0 Å². The van der Waals surface area contributed by atoms with E-state index in [1.165, 1.54) is 6.92 Å². The van der Waals surface area contributed by atoms with E-state index in [-0.39, 0.29) is 5.57 Å². The normalized spacial score (nSPS) is 12.7. The van der Waals surface area contributed by atoms with Crippen molar-refractivity contribution in [2.45, 2.75) is 58.9 Å². The lowest BCUT2D eigenvalue weighted by Crippen LogP contribution is -2.42. The second kappa shape index (κ2) is 7.36. The number of hydrogen-bond acceptors (Lipinski definition) is 4. The summed E-state index contributed by atoms with van der Waals surface area (Å²) in [6.07, 6.45) is -0.870. The summed E-state index contributed by atoms with van der Waals surface area (Å²) in [4.78, 5) is 23.2. The van der Waals surface area contributed by atoms with Crippen LogP contribution in [0.3, 0.4) is 0 Å². The first-order valence-corrected chi connectivity index (χ1v) is 8.94. The minimum atomic E-state index is -1.98. The molecule has 0 aromatic carbocycles. The third kappa shape index (κ3) is 4.64. The molecule has 0 aromatic rings. The van der Waals surface area contributed by atoms with Crippen molar-refractivity contribution in [3.8, 4) is 0 Å². The van der Waals surface area contributed by atoms with E-state index in [0.717, 1.165) is 18.1 Å². The Morgan fingerprint density at radius 3 is 1.94 bits per heavy atom. The molecule has 104 valence electrons. The Labute approximate surface area is 110 Å². The van der Waals surface area contributed by atoms with Gasteiger partial charge in [0.2, 0.25) is 0 Å². The number of rotatable bonds is 7. The molecule has 0 saturated carbocycles. The maximum atomic E-state index is 11.9. The van der Waals surface area contributed by atoms with Crippen LogP contribution in [0.4, 0.5) is 0 Å². The van der Waals surface area contributed by atoms with Crippen molar-refractivity contribution < 1.29 is 18.8 Å². The minimum Gasteiger partial charge on any atom is -0.516 e. The van der Waals surface area contributed by atoms with Crippen LogP contribution in [0.1, 0.15) is 34.6 Å². The van der Waals surface area contributed by atoms with Gasteiger partial charge < -0.3 is 9.16 Å². The van der Waals surface area contributed by atoms with Crippen LogP contribution in [0.15, 0.2) is 12.2 Å². The van der Waals surface area contributed by atoms with Gasteiger partial charge in [-0.05, 0) is 32.0 Å². The van der Waals surface area contributed by atoms with Crippen LogP contribution in [0.5, 0.6) is 0 Å². The lowest BCUT2D eigenvalue weighted by Gasteiger charge is -2.28. The van der Waals surface area contributed by atoms with Gasteiger partial charge >= 0.3 is 11.9 Å². The molecule has 1 unspecified atom stereocenters. The lowest BCUT2D eigenvalue weighted by atomic mass is 10.3. The molecule has 5 heteroatoms. The molecule has 0 bridgehead atoms. The van der Waals surface area contributed by atoms with Crippen LogP contribution in [-0.4, -0.2) is 26.4 Å². The molecular formula is C13H24O4Si. The minimum absolute atomic E-state index is 0.277. The third-order valence-corrected chi connectivity index (χ3v) is 7.71. The molecule has 0 aromatic heterocycles. The summed E-state index contributed by atoms with van der Waals surface area (Å²) < 4.78 is 10.6. The van der Waals surface area contributed by atoms with Gasteiger partial charge in [-0.25, -0.2) is 9.59 Å². The van der Waals surface area contributed by atoms with E-state index in [1.54, 1.807) is 6.92 Å². The van der Waals surface area contributed by atoms with Gasteiger partial charge in [-0.3, -0.25) is 0 Å². The molecular weight excluding hydrogens is 248 g/mol. The fourth-order valence-corrected chi connectivity index (χ4v) is 4.10. The predicted octanol–water partition coefficient (Wildman–Crippen LogP) is 3.04. The summed E-state index contributed by atoms with van der Waals surface area (Å²) in [5, 5.41) is 0. The Kier molecular flexibility index (Phi) is 6.91. The highest BCUT2D eigenvalue weighted by molar-refractivity contribution is 6.75. The van der Waals surface area contributed by atoms with E-state index in [9.17, 15) is 9.59 Å². The molecule has 0 aliphatic rings. The number of esters is 1. The molecule has 0 saturated heterocycles. The fourth-order valence-electron chi connectivity index (χ4n) is 1.57. The van der Waals surface area contributed by atoms with Gasteiger partial charge in [0, 0.05) is 5.57 Å². The highest BCUT2D eigenvalue weighted by Crippen LogP contribution is 2.22. The molecule has 0 amide bonds. The van der Waals surface area contributed by atoms with Crippen molar-refractivity contribution >= 4 is 20.3 Å². The average molecular weight is 272 g/mol. The maximum Gasteiger partial charge on any atom is 0.333 e. The Morgan fingerprint density at radius 2 is 1.61 bits per heavy atom. The van der Waals surface area contributed by atoms with E-state index in [2.05, 4.69) is 6.58 Å². The Balaban J connectivity index is 4.56. The van der Waals surface area contributed by atoms with E-state index < -0.39 is 26.4 Å². The van der Waals surface area contributed by atoms with Crippen LogP contribution in [0, 0.1) is 0 Å². The first kappa shape index (κ1) is 16.9. The van der Waals surface area contributed by atoms with E-state index >= 15 is 0 Å². The van der Waals surface area contributed by atoms with Crippen LogP contribution in [-0.2, 0) is 18.8 Å². The van der Waals surface area contributed by atoms with Crippen molar-refractivity contribution in [3.63, 3.8) is 0 Å². The maximum absolute atomic E-state index is 11.9. The monoisotopic (exact) mass is 272 g/mol. The number of hydrogen-bond donors (Lipinski definition) is 0. The zero-order valence-electron chi connectivity index (χ0n) is 12.0. The van der Waals surface area contributed by atoms with Gasteiger partial charge in [0.05, 0.1) is 0 Å². The van der Waals surface area contributed by atoms with E-state index in [4.69, 9.17) is 9.16 Å². The lowest BCUT2D eigenvalue weighted by molar-refractivity contribution is -0.158. The van der Waals surface area contributed by atoms with E-state index in [1.807, 2.05) is 20.8 Å². The molecule has 0 aliphatic heterocycles. The first-order valence-electron chi connectivity index (χ1n) is 6.41. The van der Waals surface area contributed by atoms with Crippen molar-refractivity contribution in [3.05, 3.63) is 12.2 Å². The quantitative estimate of drug-likeness (QED) is 0.406. The summed E-state index contributed by atoms with van der Waals surface area (Å²) in [5.41, 5.74) is 0.277. The van der Waals surface area contributed by atoms with Gasteiger partial charge in [0.25, 0.3) is 8.32 Å². The fraction of sp³-hybridized carbons (Fsp3) is 0.692. The molecule has 0 spiro atoms. The third-order valence-electron chi connectivity index (χ3n) is 3.21. The van der Waals surface area contributed by atoms with Gasteiger partial charge in [-0.2, -0.15) is 0 Å². The van der Waals surface area contributed by atoms with Crippen molar-refractivity contribution in [2.75, 3.05) is 0 Å². The van der Waals surface area contributed by atoms with Gasteiger partial charge in [-0.1, -0.05) is 27.4 Å². The van der Waals surface area contributed by atoms with Gasteiger partial charge in [0.15, 0.2) is 6.10 Å². The van der Waals surface area contributed by atoms with Gasteiger partial charge in [-0.15, -0.1) is 0 Å². The smallest absolute Gasteiger partial charge is 0.333 e. The number of carbonyl (C=O) groups is 2. The highest BCUT2D eigenvalue weighted by atomic mass is 28.4. The number of carbonyl (C=O) groups excluding carboxylic acids is 2. The highest BCUT2D eigenvalue weighted by Gasteiger charge is 2.35. The molecule has 0 N–H and O–H groups in total. The van der Waals surface area contributed by atoms with Crippen molar-refractivity contribution in [1.82, 2.24) is 0 Å². The summed E-state index contributed by atoms with van der Waals surface area (Å²) in [7, 11) is -1.98. The summed E-state index contributed by atoms with van der Waals surface area (Å²) in [5.74, 6) is -1.00. The van der Waals surface area contributed by atoms with E-state index in [0.29, 0.717) is 0 Å². The molecule has 0 rings (SSSR count). The Hall–Kier alpha value is -1.10. The Bertz CT molecular complexity index is 313. The zero-order valence-corrected chi connectivity index (χ0v) is 13.0. The molecule has 0 heterocycles. The van der Waals surface area contributed by atoms with Crippen LogP contribution < -0.4 is 0 Å². The topological polar surface area (TPSA) is 52.6 Å². The molecule has 18 heavy (non-hydrogen) atoms. The molecule has 0 radical (unpaired) electrons. The standard InChI is InChI=1S/C13H24O4Si/c1-7-18(8-2,9-3)17-13(15)11(6)16-12(14)10(4)5/h11H,4,7-9H2,1-3,5-6H3. The molecule has 0 fully saturated rings. The second-order valence-corrected chi connectivity index (χ2v) is 9.18. The SMILES string of the molecule is C=C(C)C(=O)OC(C)C(=O)O[Si](CC)(CC)CC. The average Bonchev–Trinajstić information content (AvgIpc) is 2.35. The van der Waals surface area contributed by atoms with Crippen molar-refractivity contribution in [1.29, 1.82) is 0 Å². The number of ether oxygens (including phenoxy) is 1. The van der Waals surface area contributed by atoms with Crippen LogP contribution >= 0.6 is 0 Å². The Morgan fingerprint density at radius 1 is 1.17 bits per heavy atom. The zero-order chi connectivity index (χ0) is 14.3. The summed E-state index contributed by atoms with van der Waals surface area (Å²) in [6.45, 7) is 12.7. The second-order valence-electron chi connectivity index (χ2n) is 4.49. The van der Waals surface area contributed by atoms with Gasteiger partial charge in [0.1, 0.15) is 0 Å². The first-order chi connectivity index (χ1) is 8.31. The summed E-state index contributed by atoms with van der Waals surface area (Å²) in [6, 6.07) is 2.65. The molecule has 0 aliphatic carbocycles. The van der Waals surface area contributed by atoms with Crippen LogP contribution in [0.2, 0.25) is 18.1 Å².